The molecule has 4 heteroatoms. The number of halogens is 2. The molecule has 2 rings (SSSR count). The third kappa shape index (κ3) is 5.56. The van der Waals surface area contributed by atoms with Crippen LogP contribution in [0, 0.1) is 0 Å². The van der Waals surface area contributed by atoms with Crippen LogP contribution in [0.2, 0.25) is 0 Å². The zero-order chi connectivity index (χ0) is 21.9. The minimum absolute atomic E-state index is 0.0623. The van der Waals surface area contributed by atoms with E-state index in [1.54, 1.807) is 24.3 Å². The molecule has 0 heterocycles. The molecule has 0 saturated heterocycles. The third-order valence-corrected chi connectivity index (χ3v) is 2.48. The van der Waals surface area contributed by atoms with Gasteiger partial charge in [-0.1, -0.05) is 44.0 Å². The lowest BCUT2D eigenvalue weighted by atomic mass is 10.3. The topological polar surface area (TPSA) is 18.5 Å². The molecule has 0 unspecified atom stereocenters. The first-order valence-corrected chi connectivity index (χ1v) is 6.10. The molecule has 0 aliphatic rings. The number of ether oxygens (including phenoxy) is 2. The second-order valence-corrected chi connectivity index (χ2v) is 4.51. The normalized spacial score (nSPS) is 18.6. The van der Waals surface area contributed by atoms with E-state index < -0.39 is 38.0 Å². The molecule has 0 atom stereocenters. The van der Waals surface area contributed by atoms with E-state index in [0.717, 1.165) is 4.47 Å². The Morgan fingerprint density at radius 2 is 1.83 bits per heavy atom. The summed E-state index contributed by atoms with van der Waals surface area (Å²) in [5, 5.41) is 0. The Kier molecular flexibility index (Phi) is 2.71. The molecule has 18 heavy (non-hydrogen) atoms. The predicted octanol–water partition coefficient (Wildman–Crippen LogP) is 4.92. The summed E-state index contributed by atoms with van der Waals surface area (Å²) >= 11 is 6.09. The molecule has 0 amide bonds. The van der Waals surface area contributed by atoms with Gasteiger partial charge in [0, 0.05) is 8.95 Å². The summed E-state index contributed by atoms with van der Waals surface area (Å²) in [5.74, 6) is -0.183. The van der Waals surface area contributed by atoms with Crippen LogP contribution < -0.4 is 9.47 Å². The highest BCUT2D eigenvalue weighted by Gasteiger charge is 1.88. The van der Waals surface area contributed by atoms with Gasteiger partial charge in [-0.3, -0.25) is 0 Å². The number of methoxy groups -OCH3 is 2. The van der Waals surface area contributed by atoms with E-state index >= 15 is 0 Å². The summed E-state index contributed by atoms with van der Waals surface area (Å²) in [7, 11) is -5.16. The average molecular weight is 384 g/mol. The van der Waals surface area contributed by atoms with Gasteiger partial charge in [0.1, 0.15) is 11.5 Å². The van der Waals surface area contributed by atoms with Crippen molar-refractivity contribution in [3.05, 3.63) is 57.4 Å². The SMILES string of the molecule is [2H]C([2H])([2H])Oc1cccc(Br)c1.[2H]c1c([2H])c(Br)c([2H])c(OC([2H])([2H])[2H])c1[2H]. The van der Waals surface area contributed by atoms with Crippen LogP contribution >= 0.6 is 31.9 Å². The lowest BCUT2D eigenvalue weighted by Crippen LogP contribution is -1.79. The van der Waals surface area contributed by atoms with Crippen LogP contribution in [0.4, 0.5) is 0 Å². The number of hydrogen-bond acceptors (Lipinski definition) is 2. The van der Waals surface area contributed by atoms with Gasteiger partial charge in [0.25, 0.3) is 0 Å². The Balaban J connectivity index is 0.000000292. The van der Waals surface area contributed by atoms with E-state index in [-0.39, 0.29) is 10.5 Å². The summed E-state index contributed by atoms with van der Waals surface area (Å²) in [5.41, 5.74) is 0. The van der Waals surface area contributed by atoms with Gasteiger partial charge in [0.05, 0.1) is 27.8 Å². The zero-order valence-corrected chi connectivity index (χ0v) is 12.1. The van der Waals surface area contributed by atoms with Crippen LogP contribution in [0.25, 0.3) is 0 Å². The third-order valence-electron chi connectivity index (χ3n) is 1.59. The van der Waals surface area contributed by atoms with Crippen molar-refractivity contribution in [3.63, 3.8) is 0 Å². The van der Waals surface area contributed by atoms with Crippen LogP contribution in [0.3, 0.4) is 0 Å². The Hall–Kier alpha value is -1.00. The van der Waals surface area contributed by atoms with E-state index in [1.807, 2.05) is 0 Å². The second kappa shape index (κ2) is 8.16. The maximum Gasteiger partial charge on any atom is 0.119 e. The minimum Gasteiger partial charge on any atom is -0.497 e. The van der Waals surface area contributed by atoms with Crippen molar-refractivity contribution < 1.29 is 23.2 Å². The molecule has 2 aromatic rings. The maximum atomic E-state index is 7.51. The molecule has 0 bridgehead atoms. The highest BCUT2D eigenvalue weighted by atomic mass is 79.9. The molecule has 0 aromatic heterocycles. The first kappa shape index (κ1) is 5.97. The van der Waals surface area contributed by atoms with Gasteiger partial charge in [0.15, 0.2) is 0 Å². The quantitative estimate of drug-likeness (QED) is 0.732. The van der Waals surface area contributed by atoms with Crippen LogP contribution in [0.1, 0.15) is 13.7 Å². The van der Waals surface area contributed by atoms with Crippen molar-refractivity contribution in [3.8, 4) is 11.5 Å². The molecule has 0 radical (unpaired) electrons. The first-order chi connectivity index (χ1) is 12.6. The Labute approximate surface area is 138 Å². The van der Waals surface area contributed by atoms with Crippen molar-refractivity contribution in [1.82, 2.24) is 0 Å². The largest absolute Gasteiger partial charge is 0.497 e. The molecule has 2 aromatic carbocycles. The average Bonchev–Trinajstić information content (AvgIpc) is 2.53. The summed E-state index contributed by atoms with van der Waals surface area (Å²) in [6, 6.07) is 4.90. The maximum absolute atomic E-state index is 7.51. The lowest BCUT2D eigenvalue weighted by molar-refractivity contribution is 0.414. The van der Waals surface area contributed by atoms with E-state index in [4.69, 9.17) is 13.7 Å². The molecule has 0 spiro atoms. The molecule has 2 nitrogen and oxygen atoms in total. The summed E-state index contributed by atoms with van der Waals surface area (Å²) < 4.78 is 80.7. The Bertz CT molecular complexity index is 807. The monoisotopic (exact) mass is 382 g/mol. The predicted molar refractivity (Wildman–Crippen MR) is 81.4 cm³/mol. The molecule has 96 valence electrons. The summed E-state index contributed by atoms with van der Waals surface area (Å²) in [6.07, 6.45) is 0. The van der Waals surface area contributed by atoms with Crippen LogP contribution in [0.5, 0.6) is 11.5 Å². The number of benzene rings is 2. The molecular weight excluding hydrogens is 360 g/mol. The molecule has 0 fully saturated rings. The fourth-order valence-electron chi connectivity index (χ4n) is 0.887. The first-order valence-electron chi connectivity index (χ1n) is 9.52. The Morgan fingerprint density at radius 1 is 1.06 bits per heavy atom. The van der Waals surface area contributed by atoms with E-state index in [1.165, 1.54) is 0 Å². The Morgan fingerprint density at radius 3 is 2.56 bits per heavy atom. The van der Waals surface area contributed by atoms with Gasteiger partial charge in [-0.15, -0.1) is 0 Å². The molecular formula is C14H14Br2O2. The molecule has 0 saturated carbocycles. The van der Waals surface area contributed by atoms with E-state index in [0.29, 0.717) is 5.75 Å². The fraction of sp³-hybridized carbons (Fsp3) is 0.143. The lowest BCUT2D eigenvalue weighted by Gasteiger charge is -1.96. The minimum atomic E-state index is -2.79. The molecule has 0 N–H and O–H groups in total. The number of rotatable bonds is 2. The highest BCUT2D eigenvalue weighted by molar-refractivity contribution is 9.10. The standard InChI is InChI=1S/2C7H7BrO/c2*1-9-7-4-2-3-6(8)5-7/h2*2-5H,1H3/i1D3,2D,3D,4D,5D;1D3. The van der Waals surface area contributed by atoms with Crippen LogP contribution in [-0.2, 0) is 0 Å². The van der Waals surface area contributed by atoms with Gasteiger partial charge in [-0.2, -0.15) is 0 Å². The molecule has 0 aliphatic carbocycles. The fourth-order valence-corrected chi connectivity index (χ4v) is 1.54. The van der Waals surface area contributed by atoms with Crippen molar-refractivity contribution >= 4 is 31.9 Å². The number of hydrogen-bond donors (Lipinski definition) is 0. The van der Waals surface area contributed by atoms with Gasteiger partial charge in [-0.25, -0.2) is 0 Å². The summed E-state index contributed by atoms with van der Waals surface area (Å²) in [6.45, 7) is 0. The van der Waals surface area contributed by atoms with Gasteiger partial charge < -0.3 is 9.47 Å². The van der Waals surface area contributed by atoms with Crippen molar-refractivity contribution in [2.24, 2.45) is 0 Å². The van der Waals surface area contributed by atoms with Gasteiger partial charge >= 0.3 is 0 Å². The molecule has 0 aliphatic heterocycles. The zero-order valence-electron chi connectivity index (χ0n) is 18.9. The van der Waals surface area contributed by atoms with E-state index in [9.17, 15) is 0 Å². The van der Waals surface area contributed by atoms with E-state index in [2.05, 4.69) is 41.3 Å². The highest BCUT2D eigenvalue weighted by Crippen LogP contribution is 2.17. The van der Waals surface area contributed by atoms with Crippen molar-refractivity contribution in [2.75, 3.05) is 14.1 Å². The van der Waals surface area contributed by atoms with Crippen LogP contribution in [-0.4, -0.2) is 14.1 Å². The van der Waals surface area contributed by atoms with Gasteiger partial charge in [0.2, 0.25) is 0 Å². The van der Waals surface area contributed by atoms with Crippen molar-refractivity contribution in [1.29, 1.82) is 0 Å². The van der Waals surface area contributed by atoms with Crippen molar-refractivity contribution in [2.45, 2.75) is 0 Å². The van der Waals surface area contributed by atoms with Gasteiger partial charge in [-0.05, 0) is 36.3 Å². The smallest absolute Gasteiger partial charge is 0.119 e. The van der Waals surface area contributed by atoms with Crippen LogP contribution in [0.15, 0.2) is 57.4 Å². The summed E-state index contributed by atoms with van der Waals surface area (Å²) in [4.78, 5) is 0. The second-order valence-electron chi connectivity index (χ2n) is 2.80.